The van der Waals surface area contributed by atoms with E-state index < -0.39 is 0 Å². The van der Waals surface area contributed by atoms with E-state index in [4.69, 9.17) is 0 Å². The largest absolute Gasteiger partial charge is 0.372 e. The summed E-state index contributed by atoms with van der Waals surface area (Å²) in [6.07, 6.45) is 5.67. The highest BCUT2D eigenvalue weighted by atomic mass is 16.2. The number of amides is 1. The second kappa shape index (κ2) is 4.55. The first-order valence-corrected chi connectivity index (χ1v) is 7.25. The van der Waals surface area contributed by atoms with Crippen LogP contribution in [0.2, 0.25) is 0 Å². The molecule has 1 aliphatic carbocycles. The van der Waals surface area contributed by atoms with Gasteiger partial charge in [0, 0.05) is 13.6 Å². The monoisotopic (exact) mass is 258 g/mol. The maximum Gasteiger partial charge on any atom is 0.232 e. The van der Waals surface area contributed by atoms with Crippen molar-refractivity contribution in [3.05, 3.63) is 23.8 Å². The fourth-order valence-electron chi connectivity index (χ4n) is 3.60. The number of para-hydroxylation sites is 1. The first-order chi connectivity index (χ1) is 9.12. The molecule has 3 rings (SSSR count). The number of carbonyl (C=O) groups is 1. The summed E-state index contributed by atoms with van der Waals surface area (Å²) in [6, 6.07) is 6.23. The van der Waals surface area contributed by atoms with Gasteiger partial charge in [-0.15, -0.1) is 0 Å². The summed E-state index contributed by atoms with van der Waals surface area (Å²) >= 11 is 0. The highest BCUT2D eigenvalue weighted by Crippen LogP contribution is 2.43. The highest BCUT2D eigenvalue weighted by Gasteiger charge is 2.42. The van der Waals surface area contributed by atoms with E-state index in [1.807, 2.05) is 0 Å². The molecule has 2 aliphatic rings. The zero-order valence-electron chi connectivity index (χ0n) is 11.8. The molecule has 3 nitrogen and oxygen atoms in total. The van der Waals surface area contributed by atoms with Crippen LogP contribution in [0.5, 0.6) is 0 Å². The summed E-state index contributed by atoms with van der Waals surface area (Å²) in [6.45, 7) is 2.90. The van der Waals surface area contributed by atoms with Gasteiger partial charge in [0.25, 0.3) is 0 Å². The second-order valence-corrected chi connectivity index (χ2v) is 6.12. The van der Waals surface area contributed by atoms with Crippen molar-refractivity contribution >= 4 is 17.3 Å². The Labute approximate surface area is 115 Å². The van der Waals surface area contributed by atoms with Crippen molar-refractivity contribution in [3.8, 4) is 0 Å². The van der Waals surface area contributed by atoms with E-state index in [1.165, 1.54) is 19.3 Å². The fourth-order valence-corrected chi connectivity index (χ4v) is 3.60. The van der Waals surface area contributed by atoms with E-state index in [-0.39, 0.29) is 11.3 Å². The Morgan fingerprint density at radius 3 is 2.68 bits per heavy atom. The molecule has 1 amide bonds. The third kappa shape index (κ3) is 2.01. The van der Waals surface area contributed by atoms with Gasteiger partial charge in [0.2, 0.25) is 5.91 Å². The van der Waals surface area contributed by atoms with E-state index in [9.17, 15) is 4.79 Å². The van der Waals surface area contributed by atoms with Crippen LogP contribution in [-0.2, 0) is 4.79 Å². The van der Waals surface area contributed by atoms with Gasteiger partial charge in [0.15, 0.2) is 0 Å². The molecular weight excluding hydrogens is 236 g/mol. The van der Waals surface area contributed by atoms with Crippen molar-refractivity contribution in [2.75, 3.05) is 23.8 Å². The third-order valence-electron chi connectivity index (χ3n) is 4.73. The number of anilines is 2. The molecule has 3 heteroatoms. The van der Waals surface area contributed by atoms with Gasteiger partial charge in [0.05, 0.1) is 16.8 Å². The molecule has 1 heterocycles. The average molecular weight is 258 g/mol. The molecule has 0 aromatic heterocycles. The number of nitrogens with one attached hydrogen (secondary N) is 1. The van der Waals surface area contributed by atoms with E-state index in [2.05, 4.69) is 42.4 Å². The molecule has 0 atom stereocenters. The van der Waals surface area contributed by atoms with Gasteiger partial charge in [-0.05, 0) is 31.4 Å². The molecule has 1 fully saturated rings. The molecular formula is C16H22N2O. The zero-order chi connectivity index (χ0) is 13.5. The summed E-state index contributed by atoms with van der Waals surface area (Å²) in [5.41, 5.74) is 3.11. The van der Waals surface area contributed by atoms with E-state index in [0.717, 1.165) is 36.3 Å². The number of benzene rings is 1. The summed E-state index contributed by atoms with van der Waals surface area (Å²) in [5.74, 6) is 0.229. The van der Waals surface area contributed by atoms with Crippen molar-refractivity contribution in [3.63, 3.8) is 0 Å². The normalized spacial score (nSPS) is 21.8. The molecule has 1 aromatic rings. The molecule has 1 aliphatic heterocycles. The van der Waals surface area contributed by atoms with Crippen LogP contribution in [0.3, 0.4) is 0 Å². The van der Waals surface area contributed by atoms with Gasteiger partial charge in [-0.2, -0.15) is 0 Å². The van der Waals surface area contributed by atoms with Crippen LogP contribution in [0.1, 0.15) is 37.7 Å². The molecule has 1 aromatic carbocycles. The molecule has 0 unspecified atom stereocenters. The number of rotatable bonds is 0. The minimum Gasteiger partial charge on any atom is -0.372 e. The Morgan fingerprint density at radius 2 is 1.95 bits per heavy atom. The van der Waals surface area contributed by atoms with Crippen molar-refractivity contribution in [2.24, 2.45) is 5.41 Å². The molecule has 19 heavy (non-hydrogen) atoms. The number of hydrogen-bond donors (Lipinski definition) is 1. The van der Waals surface area contributed by atoms with E-state index >= 15 is 0 Å². The third-order valence-corrected chi connectivity index (χ3v) is 4.73. The molecule has 0 radical (unpaired) electrons. The predicted molar refractivity (Wildman–Crippen MR) is 78.6 cm³/mol. The average Bonchev–Trinajstić information content (AvgIpc) is 2.50. The number of aryl methyl sites for hydroxylation is 1. The van der Waals surface area contributed by atoms with Crippen LogP contribution in [-0.4, -0.2) is 19.5 Å². The van der Waals surface area contributed by atoms with Crippen LogP contribution in [0.15, 0.2) is 18.2 Å². The quantitative estimate of drug-likeness (QED) is 0.774. The van der Waals surface area contributed by atoms with Crippen LogP contribution in [0.4, 0.5) is 11.4 Å². The summed E-state index contributed by atoms with van der Waals surface area (Å²) in [4.78, 5) is 15.0. The van der Waals surface area contributed by atoms with Gasteiger partial charge in [-0.3, -0.25) is 4.79 Å². The van der Waals surface area contributed by atoms with Gasteiger partial charge in [-0.1, -0.05) is 31.4 Å². The topological polar surface area (TPSA) is 32.3 Å². The maximum atomic E-state index is 12.7. The summed E-state index contributed by atoms with van der Waals surface area (Å²) in [5, 5.41) is 3.20. The van der Waals surface area contributed by atoms with Crippen molar-refractivity contribution in [1.29, 1.82) is 0 Å². The van der Waals surface area contributed by atoms with E-state index in [0.29, 0.717) is 0 Å². The number of nitrogens with zero attached hydrogens (tertiary/aromatic N) is 1. The Balaban J connectivity index is 2.02. The van der Waals surface area contributed by atoms with Gasteiger partial charge < -0.3 is 10.2 Å². The lowest BCUT2D eigenvalue weighted by atomic mass is 9.73. The number of hydrogen-bond acceptors (Lipinski definition) is 2. The molecule has 1 saturated carbocycles. The number of carbonyl (C=O) groups excluding carboxylic acids is 1. The lowest BCUT2D eigenvalue weighted by Crippen LogP contribution is -2.44. The first-order valence-electron chi connectivity index (χ1n) is 7.25. The lowest BCUT2D eigenvalue weighted by molar-refractivity contribution is -0.126. The van der Waals surface area contributed by atoms with E-state index in [1.54, 1.807) is 0 Å². The Bertz CT molecular complexity index is 503. The fraction of sp³-hybridized carbons (Fsp3) is 0.562. The van der Waals surface area contributed by atoms with Gasteiger partial charge in [-0.25, -0.2) is 0 Å². The van der Waals surface area contributed by atoms with Crippen molar-refractivity contribution < 1.29 is 4.79 Å². The van der Waals surface area contributed by atoms with Gasteiger partial charge in [0.1, 0.15) is 0 Å². The predicted octanol–water partition coefficient (Wildman–Crippen LogP) is 3.33. The summed E-state index contributed by atoms with van der Waals surface area (Å²) < 4.78 is 0. The van der Waals surface area contributed by atoms with Crippen LogP contribution in [0.25, 0.3) is 0 Å². The second-order valence-electron chi connectivity index (χ2n) is 6.12. The smallest absolute Gasteiger partial charge is 0.232 e. The van der Waals surface area contributed by atoms with Crippen molar-refractivity contribution in [2.45, 2.75) is 39.0 Å². The molecule has 1 spiro atoms. The Kier molecular flexibility index (Phi) is 3.00. The molecule has 1 N–H and O–H groups in total. The van der Waals surface area contributed by atoms with Crippen molar-refractivity contribution in [1.82, 2.24) is 0 Å². The molecule has 0 bridgehead atoms. The Morgan fingerprint density at radius 1 is 1.21 bits per heavy atom. The van der Waals surface area contributed by atoms with Crippen LogP contribution < -0.4 is 10.2 Å². The highest BCUT2D eigenvalue weighted by molar-refractivity contribution is 6.01. The lowest BCUT2D eigenvalue weighted by Gasteiger charge is -2.36. The maximum absolute atomic E-state index is 12.7. The standard InChI is InChI=1S/C16H22N2O/c1-12-7-6-8-13-14(12)17-15(19)16(11-18(13)2)9-4-3-5-10-16/h6-8H,3-5,9-11H2,1-2H3,(H,17,19). The molecule has 0 saturated heterocycles. The molecule has 102 valence electrons. The Hall–Kier alpha value is -1.51. The van der Waals surface area contributed by atoms with Crippen LogP contribution >= 0.6 is 0 Å². The zero-order valence-corrected chi connectivity index (χ0v) is 11.8. The number of fused-ring (bicyclic) bond motifs is 1. The summed E-state index contributed by atoms with van der Waals surface area (Å²) in [7, 11) is 2.11. The minimum absolute atomic E-state index is 0.182. The van der Waals surface area contributed by atoms with Crippen LogP contribution in [0, 0.1) is 12.3 Å². The van der Waals surface area contributed by atoms with Gasteiger partial charge >= 0.3 is 0 Å². The SMILES string of the molecule is Cc1cccc2c1NC(=O)C1(CCCCC1)CN2C. The first kappa shape index (κ1) is 12.5. The minimum atomic E-state index is -0.182.